The number of benzene rings is 6. The Morgan fingerprint density at radius 1 is 0.698 bits per heavy atom. The predicted octanol–water partition coefficient (Wildman–Crippen LogP) is 9.81. The molecule has 0 atom stereocenters. The molecule has 0 N–H and O–H groups in total. The summed E-state index contributed by atoms with van der Waals surface area (Å²) in [5, 5.41) is 2.03. The molecule has 0 bridgehead atoms. The van der Waals surface area contributed by atoms with Crippen LogP contribution in [-0.4, -0.2) is 21.2 Å². The maximum absolute atomic E-state index is 6.77. The number of ether oxygens (including phenoxy) is 3. The van der Waals surface area contributed by atoms with E-state index < -0.39 is 0 Å². The summed E-state index contributed by atoms with van der Waals surface area (Å²) in [6, 6.07) is 39.9. The lowest BCUT2D eigenvalue weighted by Gasteiger charge is -2.34. The molecule has 0 radical (unpaired) electrons. The molecule has 0 saturated heterocycles. The van der Waals surface area contributed by atoms with Crippen molar-refractivity contribution in [2.75, 3.05) is 0 Å². The summed E-state index contributed by atoms with van der Waals surface area (Å²) in [7, 11) is 0. The predicted molar refractivity (Wildman–Crippen MR) is 214 cm³/mol. The average Bonchev–Trinajstić information content (AvgIpc) is 3.53. The van der Waals surface area contributed by atoms with E-state index in [4.69, 9.17) is 19.2 Å². The Morgan fingerprint density at radius 3 is 2.17 bits per heavy atom. The van der Waals surface area contributed by atoms with Gasteiger partial charge in [-0.1, -0.05) is 67.9 Å². The number of hydrogen-bond donors (Lipinski definition) is 0. The lowest BCUT2D eigenvalue weighted by atomic mass is 9.34. The Hall–Kier alpha value is -6.34. The minimum absolute atomic E-state index is 0.168. The monoisotopic (exact) mass is 689 g/mol. The number of fused-ring (bicyclic) bond motifs is 6. The van der Waals surface area contributed by atoms with Crippen molar-refractivity contribution < 1.29 is 14.2 Å². The van der Waals surface area contributed by atoms with E-state index in [9.17, 15) is 0 Å². The summed E-state index contributed by atoms with van der Waals surface area (Å²) < 4.78 is 22.3. The first kappa shape index (κ1) is 31.4. The highest BCUT2D eigenvalue weighted by molar-refractivity contribution is 6.98. The van der Waals surface area contributed by atoms with E-state index in [0.29, 0.717) is 17.5 Å². The van der Waals surface area contributed by atoms with Crippen LogP contribution in [0.3, 0.4) is 0 Å². The minimum Gasteiger partial charge on any atom is -0.458 e. The maximum atomic E-state index is 6.77. The van der Waals surface area contributed by atoms with Crippen LogP contribution in [0.2, 0.25) is 0 Å². The minimum atomic E-state index is -0.168. The first-order valence-corrected chi connectivity index (χ1v) is 18.2. The van der Waals surface area contributed by atoms with Gasteiger partial charge >= 0.3 is 0 Å². The molecule has 6 aromatic carbocycles. The van der Waals surface area contributed by atoms with Gasteiger partial charge in [0, 0.05) is 22.6 Å². The molecule has 0 amide bonds. The molecule has 7 heteroatoms. The fourth-order valence-electron chi connectivity index (χ4n) is 8.29. The van der Waals surface area contributed by atoms with Gasteiger partial charge in [-0.3, -0.25) is 4.57 Å². The lowest BCUT2D eigenvalue weighted by molar-refractivity contribution is 0.456. The highest BCUT2D eigenvalue weighted by Gasteiger charge is 2.41. The standard InChI is InChI=1S/C46H36BN3O3/c1-26(2)32-23-41-43-42(24-32)53-40-17-15-33(51-46-34-11-7-6-10-30(34)18-19-48-46)25-36(40)47(43)35-22-31(14-16-39(35)52-41)45-49-37-12-8-9-13-38(37)50(45)44-28(4)20-27(3)21-29(44)5/h6-26H,1-5H3. The number of hydrogen-bond acceptors (Lipinski definition) is 5. The van der Waals surface area contributed by atoms with E-state index in [1.807, 2.05) is 36.4 Å². The van der Waals surface area contributed by atoms with Crippen LogP contribution in [0.25, 0.3) is 38.9 Å². The van der Waals surface area contributed by atoms with Crippen molar-refractivity contribution >= 4 is 44.9 Å². The Kier molecular flexibility index (Phi) is 7.02. The van der Waals surface area contributed by atoms with Gasteiger partial charge in [-0.15, -0.1) is 0 Å². The van der Waals surface area contributed by atoms with Crippen molar-refractivity contribution in [3.05, 3.63) is 144 Å². The molecular formula is C46H36BN3O3. The Bertz CT molecular complexity index is 2760. The van der Waals surface area contributed by atoms with Crippen LogP contribution in [0.4, 0.5) is 0 Å². The number of rotatable bonds is 5. The lowest BCUT2D eigenvalue weighted by Crippen LogP contribution is -2.57. The van der Waals surface area contributed by atoms with E-state index in [1.54, 1.807) is 6.20 Å². The molecule has 0 unspecified atom stereocenters. The molecule has 4 heterocycles. The topological polar surface area (TPSA) is 58.4 Å². The highest BCUT2D eigenvalue weighted by atomic mass is 16.5. The third kappa shape index (κ3) is 5.02. The molecule has 53 heavy (non-hydrogen) atoms. The molecule has 2 aromatic heterocycles. The second-order valence-corrected chi connectivity index (χ2v) is 14.6. The zero-order valence-corrected chi connectivity index (χ0v) is 30.3. The number of para-hydroxylation sites is 2. The van der Waals surface area contributed by atoms with Crippen LogP contribution >= 0.6 is 0 Å². The van der Waals surface area contributed by atoms with Gasteiger partial charge in [0.1, 0.15) is 34.6 Å². The molecule has 2 aliphatic rings. The van der Waals surface area contributed by atoms with Gasteiger partial charge in [-0.05, 0) is 126 Å². The molecule has 0 saturated carbocycles. The molecule has 0 fully saturated rings. The van der Waals surface area contributed by atoms with Crippen molar-refractivity contribution in [3.8, 4) is 51.7 Å². The molecule has 6 nitrogen and oxygen atoms in total. The van der Waals surface area contributed by atoms with Crippen molar-refractivity contribution in [2.45, 2.75) is 40.5 Å². The summed E-state index contributed by atoms with van der Waals surface area (Å²) in [5.74, 6) is 5.70. The van der Waals surface area contributed by atoms with Crippen molar-refractivity contribution in [2.24, 2.45) is 0 Å². The third-order valence-electron chi connectivity index (χ3n) is 10.7. The van der Waals surface area contributed by atoms with E-state index in [-0.39, 0.29) is 6.71 Å². The number of imidazole rings is 1. The van der Waals surface area contributed by atoms with E-state index in [2.05, 4.69) is 123 Å². The van der Waals surface area contributed by atoms with E-state index in [1.165, 1.54) is 22.3 Å². The van der Waals surface area contributed by atoms with Gasteiger partial charge in [0.15, 0.2) is 0 Å². The van der Waals surface area contributed by atoms with Gasteiger partial charge in [-0.25, -0.2) is 9.97 Å². The summed E-state index contributed by atoms with van der Waals surface area (Å²) in [4.78, 5) is 9.88. The molecular weight excluding hydrogens is 653 g/mol. The molecule has 0 spiro atoms. The largest absolute Gasteiger partial charge is 0.458 e. The van der Waals surface area contributed by atoms with Crippen LogP contribution in [-0.2, 0) is 0 Å². The van der Waals surface area contributed by atoms with Crippen LogP contribution in [0.15, 0.2) is 121 Å². The first-order valence-electron chi connectivity index (χ1n) is 18.2. The zero-order chi connectivity index (χ0) is 36.0. The number of aromatic nitrogens is 3. The van der Waals surface area contributed by atoms with Crippen molar-refractivity contribution in [1.29, 1.82) is 0 Å². The van der Waals surface area contributed by atoms with Gasteiger partial charge in [-0.2, -0.15) is 0 Å². The fraction of sp³-hybridized carbons (Fsp3) is 0.130. The van der Waals surface area contributed by atoms with Gasteiger partial charge in [0.2, 0.25) is 5.88 Å². The number of aryl methyl sites for hydroxylation is 3. The Morgan fingerprint density at radius 2 is 1.40 bits per heavy atom. The number of pyridine rings is 1. The van der Waals surface area contributed by atoms with Crippen LogP contribution in [0, 0.1) is 20.8 Å². The molecule has 2 aliphatic heterocycles. The van der Waals surface area contributed by atoms with Crippen LogP contribution < -0.4 is 30.6 Å². The molecule has 0 aliphatic carbocycles. The summed E-state index contributed by atoms with van der Waals surface area (Å²) in [6.45, 7) is 10.7. The second-order valence-electron chi connectivity index (χ2n) is 14.6. The highest BCUT2D eigenvalue weighted by Crippen LogP contribution is 2.40. The Labute approximate surface area is 308 Å². The summed E-state index contributed by atoms with van der Waals surface area (Å²) >= 11 is 0. The van der Waals surface area contributed by atoms with Gasteiger partial charge in [0.25, 0.3) is 6.71 Å². The summed E-state index contributed by atoms with van der Waals surface area (Å²) in [6.07, 6.45) is 1.79. The maximum Gasteiger partial charge on any atom is 0.260 e. The normalized spacial score (nSPS) is 12.7. The smallest absolute Gasteiger partial charge is 0.260 e. The molecule has 10 rings (SSSR count). The fourth-order valence-corrected chi connectivity index (χ4v) is 8.29. The van der Waals surface area contributed by atoms with Crippen molar-refractivity contribution in [1.82, 2.24) is 14.5 Å². The van der Waals surface area contributed by atoms with Crippen LogP contribution in [0.1, 0.15) is 42.0 Å². The molecule has 256 valence electrons. The first-order chi connectivity index (χ1) is 25.8. The Balaban J connectivity index is 1.17. The quantitative estimate of drug-likeness (QED) is 0.169. The SMILES string of the molecule is Cc1cc(C)c(-n2c(-c3ccc4c(c3)B3c5cc(Oc6nccc7ccccc67)ccc5Oc5cc(C(C)C)cc(c53)O4)nc3ccccc32)c(C)c1. The zero-order valence-electron chi connectivity index (χ0n) is 30.3. The molecule has 8 aromatic rings. The van der Waals surface area contributed by atoms with E-state index in [0.717, 1.165) is 78.3 Å². The number of nitrogens with zero attached hydrogens (tertiary/aromatic N) is 3. The summed E-state index contributed by atoms with van der Waals surface area (Å²) in [5.41, 5.74) is 12.1. The van der Waals surface area contributed by atoms with Crippen LogP contribution in [0.5, 0.6) is 34.6 Å². The van der Waals surface area contributed by atoms with E-state index >= 15 is 0 Å². The van der Waals surface area contributed by atoms with Gasteiger partial charge in [0.05, 0.1) is 16.7 Å². The third-order valence-corrected chi connectivity index (χ3v) is 10.7. The van der Waals surface area contributed by atoms with Crippen molar-refractivity contribution in [3.63, 3.8) is 0 Å². The van der Waals surface area contributed by atoms with Gasteiger partial charge < -0.3 is 14.2 Å². The average molecular weight is 690 g/mol. The second kappa shape index (κ2) is 11.9.